The van der Waals surface area contributed by atoms with Gasteiger partial charge in [0.25, 0.3) is 5.91 Å². The molecule has 27 heavy (non-hydrogen) atoms. The Hall–Kier alpha value is -2.29. The summed E-state index contributed by atoms with van der Waals surface area (Å²) >= 11 is 1.63. The van der Waals surface area contributed by atoms with Crippen LogP contribution in [0, 0.1) is 0 Å². The largest absolute Gasteiger partial charge is 0.379 e. The Morgan fingerprint density at radius 3 is 3.00 bits per heavy atom. The number of thiazole rings is 1. The van der Waals surface area contributed by atoms with Crippen LogP contribution < -0.4 is 5.32 Å². The van der Waals surface area contributed by atoms with Crippen molar-refractivity contribution in [1.82, 2.24) is 14.8 Å². The zero-order valence-electron chi connectivity index (χ0n) is 15.2. The van der Waals surface area contributed by atoms with Crippen molar-refractivity contribution >= 4 is 28.8 Å². The van der Waals surface area contributed by atoms with Crippen molar-refractivity contribution in [1.29, 1.82) is 0 Å². The lowest BCUT2D eigenvalue weighted by Crippen LogP contribution is -2.35. The Kier molecular flexibility index (Phi) is 5.20. The smallest absolute Gasteiger partial charge is 0.253 e. The normalized spacial score (nSPS) is 16.9. The van der Waals surface area contributed by atoms with Gasteiger partial charge in [-0.25, -0.2) is 4.98 Å². The van der Waals surface area contributed by atoms with Gasteiger partial charge in [0.2, 0.25) is 5.91 Å². The summed E-state index contributed by atoms with van der Waals surface area (Å²) in [6.07, 6.45) is 0.331. The standard InChI is InChI=1S/C19H22N4O3S/c1-22(19(25)13-2-3-16-14(8-13)9-17(24)21-16)10-15-12-27-18(20-15)11-23-4-6-26-7-5-23/h2-3,8,12H,4-7,9-11H2,1H3,(H,21,24). The van der Waals surface area contributed by atoms with Gasteiger partial charge < -0.3 is 15.0 Å². The van der Waals surface area contributed by atoms with Crippen molar-refractivity contribution in [2.45, 2.75) is 19.5 Å². The number of carbonyl (C=O) groups excluding carboxylic acids is 2. The number of ether oxygens (including phenoxy) is 1. The first kappa shape index (κ1) is 18.1. The molecule has 1 fully saturated rings. The zero-order valence-corrected chi connectivity index (χ0v) is 16.1. The molecule has 0 radical (unpaired) electrons. The summed E-state index contributed by atoms with van der Waals surface area (Å²) < 4.78 is 5.37. The predicted molar refractivity (Wildman–Crippen MR) is 103 cm³/mol. The molecule has 1 N–H and O–H groups in total. The maximum absolute atomic E-state index is 12.7. The fraction of sp³-hybridized carbons (Fsp3) is 0.421. The van der Waals surface area contributed by atoms with E-state index in [-0.39, 0.29) is 11.8 Å². The van der Waals surface area contributed by atoms with Crippen LogP contribution in [0.1, 0.15) is 26.6 Å². The van der Waals surface area contributed by atoms with Crippen LogP contribution in [0.2, 0.25) is 0 Å². The molecule has 8 heteroatoms. The van der Waals surface area contributed by atoms with Gasteiger partial charge in [0.05, 0.1) is 38.4 Å². The Balaban J connectivity index is 1.37. The molecule has 0 saturated carbocycles. The first-order chi connectivity index (χ1) is 13.1. The third-order valence-corrected chi connectivity index (χ3v) is 5.67. The maximum atomic E-state index is 12.7. The third-order valence-electron chi connectivity index (χ3n) is 4.79. The van der Waals surface area contributed by atoms with Gasteiger partial charge in [0.15, 0.2) is 0 Å². The molecule has 7 nitrogen and oxygen atoms in total. The van der Waals surface area contributed by atoms with E-state index in [9.17, 15) is 9.59 Å². The zero-order chi connectivity index (χ0) is 18.8. The second kappa shape index (κ2) is 7.75. The fourth-order valence-electron chi connectivity index (χ4n) is 3.34. The van der Waals surface area contributed by atoms with Crippen LogP contribution >= 0.6 is 11.3 Å². The molecule has 3 heterocycles. The summed E-state index contributed by atoms with van der Waals surface area (Å²) in [6, 6.07) is 5.36. The van der Waals surface area contributed by atoms with Crippen molar-refractivity contribution in [2.75, 3.05) is 38.7 Å². The van der Waals surface area contributed by atoms with Gasteiger partial charge in [-0.15, -0.1) is 11.3 Å². The third kappa shape index (κ3) is 4.18. The first-order valence-corrected chi connectivity index (χ1v) is 9.88. The summed E-state index contributed by atoms with van der Waals surface area (Å²) in [4.78, 5) is 32.9. The highest BCUT2D eigenvalue weighted by molar-refractivity contribution is 7.09. The van der Waals surface area contributed by atoms with Crippen molar-refractivity contribution in [3.8, 4) is 0 Å². The number of fused-ring (bicyclic) bond motifs is 1. The summed E-state index contributed by atoms with van der Waals surface area (Å²) in [5.74, 6) is -0.0990. The summed E-state index contributed by atoms with van der Waals surface area (Å²) in [7, 11) is 1.78. The number of amides is 2. The van der Waals surface area contributed by atoms with Gasteiger partial charge in [0.1, 0.15) is 5.01 Å². The molecule has 0 spiro atoms. The number of rotatable bonds is 5. The van der Waals surface area contributed by atoms with Crippen LogP contribution in [0.5, 0.6) is 0 Å². The molecule has 2 aliphatic rings. The van der Waals surface area contributed by atoms with Crippen LogP contribution in [-0.4, -0.2) is 59.9 Å². The number of benzene rings is 1. The van der Waals surface area contributed by atoms with E-state index in [2.05, 4.69) is 15.2 Å². The van der Waals surface area contributed by atoms with Crippen LogP contribution in [0.25, 0.3) is 0 Å². The molecule has 1 saturated heterocycles. The fourth-order valence-corrected chi connectivity index (χ4v) is 4.17. The molecule has 2 aliphatic heterocycles. The highest BCUT2D eigenvalue weighted by atomic mass is 32.1. The molecule has 142 valence electrons. The van der Waals surface area contributed by atoms with E-state index in [1.807, 2.05) is 5.38 Å². The molecule has 1 aromatic carbocycles. The minimum Gasteiger partial charge on any atom is -0.379 e. The van der Waals surface area contributed by atoms with Crippen molar-refractivity contribution < 1.29 is 14.3 Å². The number of anilines is 1. The van der Waals surface area contributed by atoms with Crippen LogP contribution in [0.4, 0.5) is 5.69 Å². The van der Waals surface area contributed by atoms with Gasteiger partial charge >= 0.3 is 0 Å². The molecule has 4 rings (SSSR count). The van der Waals surface area contributed by atoms with Crippen molar-refractivity contribution in [2.24, 2.45) is 0 Å². The van der Waals surface area contributed by atoms with E-state index >= 15 is 0 Å². The highest BCUT2D eigenvalue weighted by Crippen LogP contribution is 2.24. The second-order valence-electron chi connectivity index (χ2n) is 6.88. The van der Waals surface area contributed by atoms with E-state index in [1.165, 1.54) is 0 Å². The van der Waals surface area contributed by atoms with Gasteiger partial charge in [0, 0.05) is 36.8 Å². The summed E-state index contributed by atoms with van der Waals surface area (Å²) in [5.41, 5.74) is 3.17. The summed E-state index contributed by atoms with van der Waals surface area (Å²) in [6.45, 7) is 4.71. The van der Waals surface area contributed by atoms with E-state index in [0.29, 0.717) is 18.5 Å². The Morgan fingerprint density at radius 1 is 1.37 bits per heavy atom. The number of aromatic nitrogens is 1. The molecule has 0 atom stereocenters. The molecular weight excluding hydrogens is 364 g/mol. The van der Waals surface area contributed by atoms with Gasteiger partial charge in [-0.1, -0.05) is 0 Å². The van der Waals surface area contributed by atoms with E-state index in [0.717, 1.165) is 54.8 Å². The summed E-state index contributed by atoms with van der Waals surface area (Å²) in [5, 5.41) is 5.87. The maximum Gasteiger partial charge on any atom is 0.253 e. The number of hydrogen-bond acceptors (Lipinski definition) is 6. The minimum absolute atomic E-state index is 0.0294. The molecule has 2 aromatic rings. The topological polar surface area (TPSA) is 74.8 Å². The lowest BCUT2D eigenvalue weighted by molar-refractivity contribution is -0.115. The van der Waals surface area contributed by atoms with Crippen molar-refractivity contribution in [3.63, 3.8) is 0 Å². The minimum atomic E-state index is -0.0696. The van der Waals surface area contributed by atoms with Gasteiger partial charge in [-0.05, 0) is 23.8 Å². The quantitative estimate of drug-likeness (QED) is 0.847. The Bertz CT molecular complexity index is 860. The van der Waals surface area contributed by atoms with Gasteiger partial charge in [-0.3, -0.25) is 14.5 Å². The number of hydrogen-bond donors (Lipinski definition) is 1. The van der Waals surface area contributed by atoms with E-state index < -0.39 is 0 Å². The number of nitrogens with one attached hydrogen (secondary N) is 1. The van der Waals surface area contributed by atoms with Crippen LogP contribution in [0.15, 0.2) is 23.6 Å². The monoisotopic (exact) mass is 386 g/mol. The molecule has 0 unspecified atom stereocenters. The highest BCUT2D eigenvalue weighted by Gasteiger charge is 2.21. The molecule has 2 amide bonds. The first-order valence-electron chi connectivity index (χ1n) is 9.00. The number of morpholine rings is 1. The average molecular weight is 386 g/mol. The van der Waals surface area contributed by atoms with Crippen molar-refractivity contribution in [3.05, 3.63) is 45.4 Å². The lowest BCUT2D eigenvalue weighted by Gasteiger charge is -2.25. The molecule has 0 bridgehead atoms. The van der Waals surface area contributed by atoms with E-state index in [4.69, 9.17) is 4.74 Å². The number of nitrogens with zero attached hydrogens (tertiary/aromatic N) is 3. The van der Waals surface area contributed by atoms with Gasteiger partial charge in [-0.2, -0.15) is 0 Å². The molecule has 0 aliphatic carbocycles. The number of carbonyl (C=O) groups is 2. The second-order valence-corrected chi connectivity index (χ2v) is 7.82. The predicted octanol–water partition coefficient (Wildman–Crippen LogP) is 1.74. The lowest BCUT2D eigenvalue weighted by atomic mass is 10.1. The molecule has 1 aromatic heterocycles. The van der Waals surface area contributed by atoms with E-state index in [1.54, 1.807) is 41.5 Å². The SMILES string of the molecule is CN(Cc1csc(CN2CCOCC2)n1)C(=O)c1ccc2c(c1)CC(=O)N2. The average Bonchev–Trinajstić information content (AvgIpc) is 3.26. The van der Waals surface area contributed by atoms with Crippen LogP contribution in [0.3, 0.4) is 0 Å². The Labute approximate surface area is 161 Å². The molecular formula is C19H22N4O3S. The Morgan fingerprint density at radius 2 is 2.19 bits per heavy atom. The van der Waals surface area contributed by atoms with Crippen LogP contribution in [-0.2, 0) is 29.0 Å².